The van der Waals surface area contributed by atoms with Crippen molar-refractivity contribution in [1.29, 1.82) is 0 Å². The zero-order valence-corrected chi connectivity index (χ0v) is 31.0. The number of para-hydroxylation sites is 1. The van der Waals surface area contributed by atoms with Gasteiger partial charge in [-0.1, -0.05) is 18.2 Å². The van der Waals surface area contributed by atoms with E-state index in [1.165, 1.54) is 0 Å². The van der Waals surface area contributed by atoms with Crippen molar-refractivity contribution in [2.24, 2.45) is 11.7 Å². The SMILES string of the molecule is NC(=O)c1c(-c2ccc(Oc3ccccc3)cc2)nn2c1NCC[C@H]2C1CCN(C2CCN(c3ccc4c(c3)C(=O)N(C3CCC(=O)NC3=O)C4=O)CC2)CC1. The van der Waals surface area contributed by atoms with Gasteiger partial charge in [-0.3, -0.25) is 34.2 Å². The molecular formula is C42H44N8O6. The maximum absolute atomic E-state index is 13.4. The molecule has 1 unspecified atom stereocenters. The van der Waals surface area contributed by atoms with E-state index in [1.807, 2.05) is 65.3 Å². The minimum Gasteiger partial charge on any atom is -0.457 e. The van der Waals surface area contributed by atoms with Crippen LogP contribution >= 0.6 is 0 Å². The molecular weight excluding hydrogens is 713 g/mol. The molecule has 0 spiro atoms. The number of imide groups is 2. The van der Waals surface area contributed by atoms with Crippen molar-refractivity contribution in [3.63, 3.8) is 0 Å². The first-order valence-electron chi connectivity index (χ1n) is 19.6. The first kappa shape index (κ1) is 35.7. The number of anilines is 2. The van der Waals surface area contributed by atoms with Crippen LogP contribution in [0.5, 0.6) is 11.5 Å². The number of carbonyl (C=O) groups is 5. The van der Waals surface area contributed by atoms with Crippen LogP contribution in [-0.4, -0.2) is 93.9 Å². The van der Waals surface area contributed by atoms with Crippen molar-refractivity contribution in [2.75, 3.05) is 42.9 Å². The third-order valence-electron chi connectivity index (χ3n) is 12.2. The Hall–Kier alpha value is -6.02. The third-order valence-corrected chi connectivity index (χ3v) is 12.2. The molecule has 14 nitrogen and oxygen atoms in total. The van der Waals surface area contributed by atoms with Gasteiger partial charge in [0.05, 0.1) is 17.2 Å². The second kappa shape index (κ2) is 14.6. The molecule has 14 heteroatoms. The lowest BCUT2D eigenvalue weighted by Crippen LogP contribution is -2.54. The van der Waals surface area contributed by atoms with E-state index >= 15 is 0 Å². The summed E-state index contributed by atoms with van der Waals surface area (Å²) in [6.45, 7) is 4.37. The van der Waals surface area contributed by atoms with E-state index in [2.05, 4.69) is 20.4 Å². The molecule has 5 aliphatic heterocycles. The normalized spacial score (nSPS) is 22.1. The van der Waals surface area contributed by atoms with Crippen LogP contribution in [0.4, 0.5) is 11.5 Å². The molecule has 1 aromatic heterocycles. The Morgan fingerprint density at radius 2 is 1.50 bits per heavy atom. The number of hydrogen-bond acceptors (Lipinski definition) is 10. The van der Waals surface area contributed by atoms with Crippen molar-refractivity contribution in [3.8, 4) is 22.8 Å². The Morgan fingerprint density at radius 3 is 2.21 bits per heavy atom. The summed E-state index contributed by atoms with van der Waals surface area (Å²) in [5, 5.41) is 10.7. The predicted molar refractivity (Wildman–Crippen MR) is 207 cm³/mol. The summed E-state index contributed by atoms with van der Waals surface area (Å²) in [5.74, 6) is 0.0627. The van der Waals surface area contributed by atoms with Gasteiger partial charge >= 0.3 is 0 Å². The maximum Gasteiger partial charge on any atom is 0.262 e. The Labute approximate surface area is 323 Å². The van der Waals surface area contributed by atoms with Crippen LogP contribution in [0.25, 0.3) is 11.3 Å². The van der Waals surface area contributed by atoms with Crippen molar-refractivity contribution in [2.45, 2.75) is 63.1 Å². The topological polar surface area (TPSA) is 172 Å². The Bertz CT molecular complexity index is 2210. The van der Waals surface area contributed by atoms with Gasteiger partial charge < -0.3 is 25.6 Å². The van der Waals surface area contributed by atoms with Gasteiger partial charge in [0.15, 0.2) is 0 Å². The van der Waals surface area contributed by atoms with E-state index in [-0.39, 0.29) is 18.9 Å². The number of fused-ring (bicyclic) bond motifs is 2. The summed E-state index contributed by atoms with van der Waals surface area (Å²) < 4.78 is 7.99. The second-order valence-electron chi connectivity index (χ2n) is 15.4. The molecule has 5 aliphatic rings. The number of nitrogens with one attached hydrogen (secondary N) is 2. The average molecular weight is 757 g/mol. The number of aromatic nitrogens is 2. The number of piperidine rings is 3. The van der Waals surface area contributed by atoms with E-state index < -0.39 is 35.6 Å². The van der Waals surface area contributed by atoms with Crippen LogP contribution < -0.4 is 26.0 Å². The second-order valence-corrected chi connectivity index (χ2v) is 15.4. The Balaban J connectivity index is 0.825. The fourth-order valence-electron chi connectivity index (χ4n) is 9.30. The van der Waals surface area contributed by atoms with Crippen molar-refractivity contribution < 1.29 is 28.7 Å². The zero-order chi connectivity index (χ0) is 38.5. The molecule has 56 heavy (non-hydrogen) atoms. The molecule has 3 saturated heterocycles. The zero-order valence-electron chi connectivity index (χ0n) is 31.0. The van der Waals surface area contributed by atoms with Gasteiger partial charge in [0.1, 0.15) is 34.6 Å². The smallest absolute Gasteiger partial charge is 0.262 e. The average Bonchev–Trinajstić information content (AvgIpc) is 3.73. The highest BCUT2D eigenvalue weighted by molar-refractivity contribution is 6.23. The van der Waals surface area contributed by atoms with Gasteiger partial charge in [0, 0.05) is 43.3 Å². The number of hydrogen-bond donors (Lipinski definition) is 3. The van der Waals surface area contributed by atoms with Gasteiger partial charge in [0.25, 0.3) is 17.7 Å². The minimum absolute atomic E-state index is 0.0895. The molecule has 0 saturated carbocycles. The van der Waals surface area contributed by atoms with Crippen molar-refractivity contribution >= 4 is 41.0 Å². The summed E-state index contributed by atoms with van der Waals surface area (Å²) >= 11 is 0. The minimum atomic E-state index is -0.977. The Kier molecular flexibility index (Phi) is 9.28. The van der Waals surface area contributed by atoms with Crippen LogP contribution in [0.1, 0.15) is 82.1 Å². The first-order valence-corrected chi connectivity index (χ1v) is 19.6. The molecule has 288 valence electrons. The van der Waals surface area contributed by atoms with E-state index in [4.69, 9.17) is 15.6 Å². The maximum atomic E-state index is 13.4. The van der Waals surface area contributed by atoms with Crippen molar-refractivity contribution in [1.82, 2.24) is 24.9 Å². The lowest BCUT2D eigenvalue weighted by atomic mass is 9.85. The number of nitrogens with zero attached hydrogens (tertiary/aromatic N) is 5. The van der Waals surface area contributed by atoms with Crippen LogP contribution in [0.3, 0.4) is 0 Å². The van der Waals surface area contributed by atoms with Gasteiger partial charge in [-0.2, -0.15) is 5.10 Å². The number of primary amides is 1. The summed E-state index contributed by atoms with van der Waals surface area (Å²) in [6, 6.07) is 22.2. The Morgan fingerprint density at radius 1 is 0.786 bits per heavy atom. The molecule has 4 N–H and O–H groups in total. The molecule has 6 heterocycles. The highest BCUT2D eigenvalue weighted by Gasteiger charge is 2.45. The number of amides is 5. The number of carbonyl (C=O) groups excluding carboxylic acids is 5. The molecule has 0 bridgehead atoms. The number of nitrogens with two attached hydrogens (primary N) is 1. The lowest BCUT2D eigenvalue weighted by Gasteiger charge is -2.44. The molecule has 2 atom stereocenters. The highest BCUT2D eigenvalue weighted by atomic mass is 16.5. The first-order chi connectivity index (χ1) is 27.2. The molecule has 4 aromatic rings. The van der Waals surface area contributed by atoms with Crippen LogP contribution in [0.15, 0.2) is 72.8 Å². The van der Waals surface area contributed by atoms with Crippen molar-refractivity contribution in [3.05, 3.63) is 89.5 Å². The molecule has 9 rings (SSSR count). The summed E-state index contributed by atoms with van der Waals surface area (Å²) in [4.78, 5) is 69.4. The van der Waals surface area contributed by atoms with E-state index in [0.717, 1.165) is 86.7 Å². The molecule has 3 aromatic carbocycles. The van der Waals surface area contributed by atoms with Gasteiger partial charge in [0.2, 0.25) is 11.8 Å². The van der Waals surface area contributed by atoms with Gasteiger partial charge in [-0.15, -0.1) is 0 Å². The predicted octanol–water partition coefficient (Wildman–Crippen LogP) is 4.58. The standard InChI is InChI=1S/C42H44N8O6/c43-38(52)36-37(26-6-9-30(10-7-26)56-29-4-2-1-3-5-29)46-50-33(14-19-44-39(36)50)25-15-20-47(21-16-25)27-17-22-48(23-18-27)28-8-11-31-32(24-28)42(55)49(41(31)54)34-12-13-35(51)45-40(34)53/h1-11,24-25,27,33-34,44H,12-23H2,(H2,43,52)(H,45,51,53)/t33-,34?/m0/s1. The van der Waals surface area contributed by atoms with Gasteiger partial charge in [-0.05, 0) is 112 Å². The molecule has 5 amide bonds. The third kappa shape index (κ3) is 6.47. The molecule has 0 aliphatic carbocycles. The summed E-state index contributed by atoms with van der Waals surface area (Å²) in [7, 11) is 0. The molecule has 0 radical (unpaired) electrons. The number of ether oxygens (including phenoxy) is 1. The van der Waals surface area contributed by atoms with E-state index in [1.54, 1.807) is 12.1 Å². The van der Waals surface area contributed by atoms with Crippen LogP contribution in [-0.2, 0) is 9.59 Å². The number of likely N-dealkylation sites (tertiary alicyclic amines) is 1. The summed E-state index contributed by atoms with van der Waals surface area (Å²) in [6.07, 6.45) is 5.16. The van der Waals surface area contributed by atoms with E-state index in [0.29, 0.717) is 45.9 Å². The van der Waals surface area contributed by atoms with Gasteiger partial charge in [-0.25, -0.2) is 4.68 Å². The number of rotatable bonds is 8. The van der Waals surface area contributed by atoms with Crippen LogP contribution in [0.2, 0.25) is 0 Å². The summed E-state index contributed by atoms with van der Waals surface area (Å²) in [5.41, 5.74) is 9.27. The lowest BCUT2D eigenvalue weighted by molar-refractivity contribution is -0.136. The fraction of sp³-hybridized carbons (Fsp3) is 0.381. The highest BCUT2D eigenvalue weighted by Crippen LogP contribution is 2.41. The fourth-order valence-corrected chi connectivity index (χ4v) is 9.30. The number of benzene rings is 3. The van der Waals surface area contributed by atoms with E-state index in [9.17, 15) is 24.0 Å². The monoisotopic (exact) mass is 756 g/mol. The largest absolute Gasteiger partial charge is 0.457 e. The quantitative estimate of drug-likeness (QED) is 0.216. The van der Waals surface area contributed by atoms with Crippen LogP contribution in [0, 0.1) is 5.92 Å². The molecule has 3 fully saturated rings.